The molecule has 1 fully saturated rings. The summed E-state index contributed by atoms with van der Waals surface area (Å²) in [6.07, 6.45) is 2.28. The van der Waals surface area contributed by atoms with Crippen LogP contribution in [0, 0.1) is 0 Å². The van der Waals surface area contributed by atoms with E-state index in [0.29, 0.717) is 6.04 Å². The number of likely N-dealkylation sites (tertiary alicyclic amines) is 1. The van der Waals surface area contributed by atoms with Crippen LogP contribution < -0.4 is 10.5 Å². The van der Waals surface area contributed by atoms with E-state index in [1.807, 2.05) is 12.1 Å². The Morgan fingerprint density at radius 3 is 2.50 bits per heavy atom. The van der Waals surface area contributed by atoms with Crippen molar-refractivity contribution in [1.29, 1.82) is 0 Å². The molecule has 4 heteroatoms. The molecule has 20 heavy (non-hydrogen) atoms. The molecule has 1 heterocycles. The molecule has 2 rings (SSSR count). The largest absolute Gasteiger partial charge is 0.497 e. The fourth-order valence-electron chi connectivity index (χ4n) is 2.61. The summed E-state index contributed by atoms with van der Waals surface area (Å²) < 4.78 is 5.18. The normalized spacial score (nSPS) is 17.6. The number of nitrogens with zero attached hydrogens (tertiary/aromatic N) is 2. The lowest BCUT2D eigenvalue weighted by molar-refractivity contribution is 0.183. The molecule has 2 N–H and O–H groups in total. The van der Waals surface area contributed by atoms with Crippen molar-refractivity contribution >= 4 is 0 Å². The topological polar surface area (TPSA) is 41.7 Å². The predicted molar refractivity (Wildman–Crippen MR) is 83.0 cm³/mol. The SMILES string of the molecule is COc1ccc(CN(C)CCN2CCC(N)CC2)cc1. The van der Waals surface area contributed by atoms with Crippen LogP contribution in [0.1, 0.15) is 18.4 Å². The summed E-state index contributed by atoms with van der Waals surface area (Å²) in [7, 11) is 3.88. The summed E-state index contributed by atoms with van der Waals surface area (Å²) in [5, 5.41) is 0. The molecular formula is C16H27N3O. The van der Waals surface area contributed by atoms with Gasteiger partial charge in [0.25, 0.3) is 0 Å². The van der Waals surface area contributed by atoms with Crippen LogP contribution in [0.5, 0.6) is 5.75 Å². The maximum absolute atomic E-state index is 5.93. The van der Waals surface area contributed by atoms with Gasteiger partial charge in [-0.15, -0.1) is 0 Å². The molecule has 1 aromatic carbocycles. The third-order valence-corrected chi connectivity index (χ3v) is 4.04. The van der Waals surface area contributed by atoms with Gasteiger partial charge in [0.05, 0.1) is 7.11 Å². The van der Waals surface area contributed by atoms with Gasteiger partial charge in [0, 0.05) is 25.7 Å². The summed E-state index contributed by atoms with van der Waals surface area (Å²) in [5.41, 5.74) is 7.26. The molecule has 4 nitrogen and oxygen atoms in total. The van der Waals surface area contributed by atoms with Gasteiger partial charge in [0.1, 0.15) is 5.75 Å². The molecule has 0 spiro atoms. The van der Waals surface area contributed by atoms with E-state index in [1.165, 1.54) is 5.56 Å². The lowest BCUT2D eigenvalue weighted by Crippen LogP contribution is -2.42. The zero-order chi connectivity index (χ0) is 14.4. The number of nitrogens with two attached hydrogens (primary N) is 1. The third kappa shape index (κ3) is 4.78. The molecular weight excluding hydrogens is 250 g/mol. The van der Waals surface area contributed by atoms with Crippen molar-refractivity contribution in [2.75, 3.05) is 40.3 Å². The molecule has 0 bridgehead atoms. The molecule has 0 aromatic heterocycles. The Hall–Kier alpha value is -1.10. The highest BCUT2D eigenvalue weighted by atomic mass is 16.5. The Labute approximate surface area is 122 Å². The maximum atomic E-state index is 5.93. The fraction of sp³-hybridized carbons (Fsp3) is 0.625. The van der Waals surface area contributed by atoms with Gasteiger partial charge in [-0.2, -0.15) is 0 Å². The fourth-order valence-corrected chi connectivity index (χ4v) is 2.61. The summed E-state index contributed by atoms with van der Waals surface area (Å²) in [4.78, 5) is 4.89. The second-order valence-electron chi connectivity index (χ2n) is 5.76. The molecule has 0 amide bonds. The number of piperidine rings is 1. The predicted octanol–water partition coefficient (Wildman–Crippen LogP) is 1.55. The van der Waals surface area contributed by atoms with Gasteiger partial charge >= 0.3 is 0 Å². The van der Waals surface area contributed by atoms with E-state index in [1.54, 1.807) is 7.11 Å². The monoisotopic (exact) mass is 277 g/mol. The molecule has 1 aromatic rings. The quantitative estimate of drug-likeness (QED) is 0.856. The lowest BCUT2D eigenvalue weighted by Gasteiger charge is -2.31. The standard InChI is InChI=1S/C16H27N3O/c1-18(11-12-19-9-7-15(17)8-10-19)13-14-3-5-16(20-2)6-4-14/h3-6,15H,7-13,17H2,1-2H3. The Bertz CT molecular complexity index is 385. The summed E-state index contributed by atoms with van der Waals surface area (Å²) >= 11 is 0. The van der Waals surface area contributed by atoms with Crippen LogP contribution in [0.4, 0.5) is 0 Å². The highest BCUT2D eigenvalue weighted by Crippen LogP contribution is 2.13. The first-order valence-corrected chi connectivity index (χ1v) is 7.47. The molecule has 0 saturated carbocycles. The van der Waals surface area contributed by atoms with Gasteiger partial charge in [-0.1, -0.05) is 12.1 Å². The van der Waals surface area contributed by atoms with E-state index in [-0.39, 0.29) is 0 Å². The van der Waals surface area contributed by atoms with Crippen molar-refractivity contribution in [1.82, 2.24) is 9.80 Å². The average molecular weight is 277 g/mol. The van der Waals surface area contributed by atoms with Gasteiger partial charge in [0.15, 0.2) is 0 Å². The van der Waals surface area contributed by atoms with Crippen molar-refractivity contribution in [2.45, 2.75) is 25.4 Å². The highest BCUT2D eigenvalue weighted by molar-refractivity contribution is 5.27. The van der Waals surface area contributed by atoms with Crippen LogP contribution in [0.25, 0.3) is 0 Å². The van der Waals surface area contributed by atoms with Crippen molar-refractivity contribution < 1.29 is 4.74 Å². The average Bonchev–Trinajstić information content (AvgIpc) is 2.47. The summed E-state index contributed by atoms with van der Waals surface area (Å²) in [6, 6.07) is 8.73. The number of benzene rings is 1. The van der Waals surface area contributed by atoms with Crippen molar-refractivity contribution in [3.05, 3.63) is 29.8 Å². The highest BCUT2D eigenvalue weighted by Gasteiger charge is 2.15. The van der Waals surface area contributed by atoms with E-state index in [4.69, 9.17) is 10.5 Å². The zero-order valence-electron chi connectivity index (χ0n) is 12.7. The van der Waals surface area contributed by atoms with Gasteiger partial charge in [-0.3, -0.25) is 0 Å². The first-order chi connectivity index (χ1) is 9.67. The van der Waals surface area contributed by atoms with E-state index in [2.05, 4.69) is 29.0 Å². The molecule has 1 saturated heterocycles. The minimum absolute atomic E-state index is 0.420. The number of methoxy groups -OCH3 is 1. The number of ether oxygens (including phenoxy) is 1. The minimum Gasteiger partial charge on any atom is -0.497 e. The van der Waals surface area contributed by atoms with Gasteiger partial charge in [-0.25, -0.2) is 0 Å². The first-order valence-electron chi connectivity index (χ1n) is 7.47. The summed E-state index contributed by atoms with van der Waals surface area (Å²) in [6.45, 7) is 5.52. The third-order valence-electron chi connectivity index (χ3n) is 4.04. The summed E-state index contributed by atoms with van der Waals surface area (Å²) in [5.74, 6) is 0.918. The first kappa shape index (κ1) is 15.3. The Morgan fingerprint density at radius 2 is 1.90 bits per heavy atom. The molecule has 112 valence electrons. The Kier molecular flexibility index (Phi) is 5.83. The number of hydrogen-bond donors (Lipinski definition) is 1. The van der Waals surface area contributed by atoms with E-state index < -0.39 is 0 Å². The zero-order valence-corrected chi connectivity index (χ0v) is 12.7. The van der Waals surface area contributed by atoms with Gasteiger partial charge < -0.3 is 20.3 Å². The smallest absolute Gasteiger partial charge is 0.118 e. The van der Waals surface area contributed by atoms with Crippen molar-refractivity contribution in [3.63, 3.8) is 0 Å². The molecule has 0 radical (unpaired) electrons. The van der Waals surface area contributed by atoms with E-state index in [0.717, 1.165) is 51.3 Å². The van der Waals surface area contributed by atoms with Gasteiger partial charge in [0.2, 0.25) is 0 Å². The van der Waals surface area contributed by atoms with E-state index in [9.17, 15) is 0 Å². The second kappa shape index (κ2) is 7.62. The van der Waals surface area contributed by atoms with Crippen molar-refractivity contribution in [2.24, 2.45) is 5.73 Å². The minimum atomic E-state index is 0.420. The van der Waals surface area contributed by atoms with Crippen LogP contribution >= 0.6 is 0 Å². The molecule has 1 aliphatic rings. The maximum Gasteiger partial charge on any atom is 0.118 e. The Balaban J connectivity index is 1.70. The molecule has 0 unspecified atom stereocenters. The molecule has 1 aliphatic heterocycles. The lowest BCUT2D eigenvalue weighted by atomic mass is 10.1. The van der Waals surface area contributed by atoms with Crippen LogP contribution in [0.3, 0.4) is 0 Å². The molecule has 0 aliphatic carbocycles. The van der Waals surface area contributed by atoms with Crippen LogP contribution in [0.15, 0.2) is 24.3 Å². The van der Waals surface area contributed by atoms with Crippen molar-refractivity contribution in [3.8, 4) is 5.75 Å². The second-order valence-corrected chi connectivity index (χ2v) is 5.76. The number of likely N-dealkylation sites (N-methyl/N-ethyl adjacent to an activating group) is 1. The number of rotatable bonds is 6. The Morgan fingerprint density at radius 1 is 1.25 bits per heavy atom. The van der Waals surface area contributed by atoms with Gasteiger partial charge in [-0.05, 0) is 50.7 Å². The van der Waals surface area contributed by atoms with E-state index >= 15 is 0 Å². The van der Waals surface area contributed by atoms with Crippen LogP contribution in [-0.4, -0.2) is 56.2 Å². The van der Waals surface area contributed by atoms with Crippen LogP contribution in [0.2, 0.25) is 0 Å². The molecule has 0 atom stereocenters. The van der Waals surface area contributed by atoms with Crippen LogP contribution in [-0.2, 0) is 6.54 Å². The number of hydrogen-bond acceptors (Lipinski definition) is 4.